The van der Waals surface area contributed by atoms with Crippen molar-refractivity contribution in [2.45, 2.75) is 40.2 Å². The molecule has 0 saturated carbocycles. The molecule has 0 bridgehead atoms. The summed E-state index contributed by atoms with van der Waals surface area (Å²) in [5, 5.41) is 0. The summed E-state index contributed by atoms with van der Waals surface area (Å²) in [6.45, 7) is 14.1. The average molecular weight is 153 g/mol. The predicted molar refractivity (Wildman–Crippen MR) is 51.5 cm³/mol. The molecule has 0 amide bonds. The third-order valence-electron chi connectivity index (χ3n) is 1.98. The highest BCUT2D eigenvalue weighted by Gasteiger charge is 2.16. The Bertz CT molecular complexity index is 187. The van der Waals surface area contributed by atoms with Crippen LogP contribution in [0.1, 0.15) is 34.6 Å². The van der Waals surface area contributed by atoms with Gasteiger partial charge in [0, 0.05) is 5.54 Å². The summed E-state index contributed by atoms with van der Waals surface area (Å²) in [5.74, 6) is 0. The van der Waals surface area contributed by atoms with Gasteiger partial charge >= 0.3 is 0 Å². The van der Waals surface area contributed by atoms with Crippen LogP contribution in [0.3, 0.4) is 0 Å². The first kappa shape index (κ1) is 10.4. The number of nitrogens with two attached hydrogens (primary N) is 1. The molecule has 0 saturated heterocycles. The molecule has 0 heterocycles. The predicted octanol–water partition coefficient (Wildman–Crippen LogP) is 2.64. The van der Waals surface area contributed by atoms with Crippen LogP contribution in [-0.4, -0.2) is 5.54 Å². The van der Waals surface area contributed by atoms with Gasteiger partial charge in [0.05, 0.1) is 0 Å². The Hall–Kier alpha value is -0.560. The number of hydrogen-bond donors (Lipinski definition) is 1. The standard InChI is InChI=1S/C10H19N/c1-7(2)8(3)9(4)10(5,6)11/h4,11H2,1-3,5-6H3. The summed E-state index contributed by atoms with van der Waals surface area (Å²) in [6.07, 6.45) is 0. The van der Waals surface area contributed by atoms with Crippen LogP contribution in [0.5, 0.6) is 0 Å². The van der Waals surface area contributed by atoms with Gasteiger partial charge in [-0.25, -0.2) is 0 Å². The summed E-state index contributed by atoms with van der Waals surface area (Å²) >= 11 is 0. The van der Waals surface area contributed by atoms with Gasteiger partial charge < -0.3 is 5.73 Å². The Labute approximate surface area is 70.0 Å². The quantitative estimate of drug-likeness (QED) is 0.606. The average Bonchev–Trinajstić information content (AvgIpc) is 1.82. The minimum Gasteiger partial charge on any atom is -0.322 e. The lowest BCUT2D eigenvalue weighted by Crippen LogP contribution is -2.34. The molecule has 11 heavy (non-hydrogen) atoms. The Balaban J connectivity index is 4.67. The van der Waals surface area contributed by atoms with E-state index in [2.05, 4.69) is 27.4 Å². The largest absolute Gasteiger partial charge is 0.322 e. The van der Waals surface area contributed by atoms with Crippen molar-refractivity contribution >= 4 is 0 Å². The van der Waals surface area contributed by atoms with Crippen molar-refractivity contribution in [2.24, 2.45) is 5.73 Å². The van der Waals surface area contributed by atoms with Crippen molar-refractivity contribution in [1.82, 2.24) is 0 Å². The van der Waals surface area contributed by atoms with Gasteiger partial charge in [0.1, 0.15) is 0 Å². The van der Waals surface area contributed by atoms with E-state index < -0.39 is 0 Å². The summed E-state index contributed by atoms with van der Waals surface area (Å²) in [4.78, 5) is 0. The normalized spacial score (nSPS) is 11.1. The van der Waals surface area contributed by atoms with Crippen molar-refractivity contribution in [1.29, 1.82) is 0 Å². The molecule has 0 aliphatic carbocycles. The maximum atomic E-state index is 5.88. The lowest BCUT2D eigenvalue weighted by molar-refractivity contribution is 0.619. The molecule has 1 heteroatoms. The Morgan fingerprint density at radius 1 is 1.18 bits per heavy atom. The molecule has 0 aromatic heterocycles. The van der Waals surface area contributed by atoms with Crippen molar-refractivity contribution in [3.8, 4) is 0 Å². The smallest absolute Gasteiger partial charge is 0.0349 e. The zero-order valence-corrected chi connectivity index (χ0v) is 8.28. The van der Waals surface area contributed by atoms with E-state index in [4.69, 9.17) is 5.73 Å². The van der Waals surface area contributed by atoms with Gasteiger partial charge in [-0.15, -0.1) is 0 Å². The van der Waals surface area contributed by atoms with Crippen LogP contribution in [0.4, 0.5) is 0 Å². The van der Waals surface area contributed by atoms with Gasteiger partial charge in [-0.1, -0.05) is 12.2 Å². The maximum absolute atomic E-state index is 5.88. The lowest BCUT2D eigenvalue weighted by Gasteiger charge is -2.23. The van der Waals surface area contributed by atoms with Gasteiger partial charge in [0.2, 0.25) is 0 Å². The summed E-state index contributed by atoms with van der Waals surface area (Å²) < 4.78 is 0. The fourth-order valence-corrected chi connectivity index (χ4v) is 0.785. The fraction of sp³-hybridized carbons (Fsp3) is 0.600. The third kappa shape index (κ3) is 2.89. The van der Waals surface area contributed by atoms with Crippen molar-refractivity contribution in [2.75, 3.05) is 0 Å². The highest BCUT2D eigenvalue weighted by Crippen LogP contribution is 2.21. The van der Waals surface area contributed by atoms with E-state index in [0.717, 1.165) is 5.57 Å². The van der Waals surface area contributed by atoms with Gasteiger partial charge in [-0.3, -0.25) is 0 Å². The van der Waals surface area contributed by atoms with E-state index in [1.165, 1.54) is 11.1 Å². The number of allylic oxidation sites excluding steroid dienone is 1. The maximum Gasteiger partial charge on any atom is 0.0349 e. The third-order valence-corrected chi connectivity index (χ3v) is 1.98. The Morgan fingerprint density at radius 2 is 1.55 bits per heavy atom. The molecular weight excluding hydrogens is 134 g/mol. The molecule has 0 fully saturated rings. The Kier molecular flexibility index (Phi) is 3.06. The summed E-state index contributed by atoms with van der Waals surface area (Å²) in [5.41, 5.74) is 9.12. The van der Waals surface area contributed by atoms with Crippen LogP contribution in [0.25, 0.3) is 0 Å². The monoisotopic (exact) mass is 153 g/mol. The first-order valence-corrected chi connectivity index (χ1v) is 3.89. The molecule has 0 spiro atoms. The highest BCUT2D eigenvalue weighted by molar-refractivity contribution is 5.36. The molecule has 0 aromatic rings. The number of hydrogen-bond acceptors (Lipinski definition) is 1. The van der Waals surface area contributed by atoms with E-state index in [0.29, 0.717) is 0 Å². The second-order valence-electron chi connectivity index (χ2n) is 3.83. The first-order chi connectivity index (χ1) is 4.76. The van der Waals surface area contributed by atoms with E-state index in [1.807, 2.05) is 13.8 Å². The van der Waals surface area contributed by atoms with Gasteiger partial charge in [0.15, 0.2) is 0 Å². The molecule has 0 unspecified atom stereocenters. The second-order valence-corrected chi connectivity index (χ2v) is 3.83. The van der Waals surface area contributed by atoms with E-state index >= 15 is 0 Å². The number of rotatable bonds is 2. The zero-order chi connectivity index (χ0) is 9.23. The molecule has 0 atom stereocenters. The SMILES string of the molecule is C=C(C(C)=C(C)C)C(C)(C)N. The van der Waals surface area contributed by atoms with Gasteiger partial charge in [-0.05, 0) is 45.8 Å². The van der Waals surface area contributed by atoms with Crippen LogP contribution in [0, 0.1) is 0 Å². The summed E-state index contributed by atoms with van der Waals surface area (Å²) in [7, 11) is 0. The fourth-order valence-electron chi connectivity index (χ4n) is 0.785. The van der Waals surface area contributed by atoms with Crippen LogP contribution in [0.2, 0.25) is 0 Å². The summed E-state index contributed by atoms with van der Waals surface area (Å²) in [6, 6.07) is 0. The molecule has 0 radical (unpaired) electrons. The molecule has 0 aliphatic rings. The Morgan fingerprint density at radius 3 is 1.64 bits per heavy atom. The van der Waals surface area contributed by atoms with Crippen LogP contribution < -0.4 is 5.73 Å². The second kappa shape index (κ2) is 3.22. The zero-order valence-electron chi connectivity index (χ0n) is 8.28. The van der Waals surface area contributed by atoms with Crippen molar-refractivity contribution < 1.29 is 0 Å². The first-order valence-electron chi connectivity index (χ1n) is 3.89. The lowest BCUT2D eigenvalue weighted by atomic mass is 9.89. The molecule has 64 valence electrons. The molecule has 0 aromatic carbocycles. The van der Waals surface area contributed by atoms with Gasteiger partial charge in [0.25, 0.3) is 0 Å². The van der Waals surface area contributed by atoms with Crippen LogP contribution in [0.15, 0.2) is 23.3 Å². The highest BCUT2D eigenvalue weighted by atomic mass is 14.7. The molecular formula is C10H19N. The van der Waals surface area contributed by atoms with Crippen molar-refractivity contribution in [3.05, 3.63) is 23.3 Å². The van der Waals surface area contributed by atoms with E-state index in [9.17, 15) is 0 Å². The van der Waals surface area contributed by atoms with Crippen LogP contribution in [-0.2, 0) is 0 Å². The topological polar surface area (TPSA) is 26.0 Å². The minimum absolute atomic E-state index is 0.290. The van der Waals surface area contributed by atoms with Gasteiger partial charge in [-0.2, -0.15) is 0 Å². The molecule has 0 aliphatic heterocycles. The molecule has 0 rings (SSSR count). The van der Waals surface area contributed by atoms with E-state index in [-0.39, 0.29) is 5.54 Å². The molecule has 2 N–H and O–H groups in total. The van der Waals surface area contributed by atoms with Crippen molar-refractivity contribution in [3.63, 3.8) is 0 Å². The molecule has 1 nitrogen and oxygen atoms in total. The minimum atomic E-state index is -0.290. The van der Waals surface area contributed by atoms with Crippen LogP contribution >= 0.6 is 0 Å². The van der Waals surface area contributed by atoms with E-state index in [1.54, 1.807) is 0 Å².